The van der Waals surface area contributed by atoms with Gasteiger partial charge in [-0.15, -0.1) is 0 Å². The Bertz CT molecular complexity index is 1750. The molecule has 2 bridgehead atoms. The molecule has 5 unspecified atom stereocenters. The molecule has 3 aliphatic rings. The predicted octanol–water partition coefficient (Wildman–Crippen LogP) is 10.5. The van der Waals surface area contributed by atoms with Crippen molar-refractivity contribution in [2.75, 3.05) is 26.4 Å². The lowest BCUT2D eigenvalue weighted by molar-refractivity contribution is -0.140. The van der Waals surface area contributed by atoms with Gasteiger partial charge in [0.2, 0.25) is 11.8 Å². The summed E-state index contributed by atoms with van der Waals surface area (Å²) in [5.74, 6) is 2.95. The van der Waals surface area contributed by atoms with Crippen LogP contribution < -0.4 is 4.74 Å². The highest BCUT2D eigenvalue weighted by atomic mass is 16.7. The van der Waals surface area contributed by atoms with Gasteiger partial charge < -0.3 is 24.1 Å². The van der Waals surface area contributed by atoms with Gasteiger partial charge in [-0.3, -0.25) is 14.5 Å². The highest BCUT2D eigenvalue weighted by Crippen LogP contribution is 2.52. The number of phenolic OH excluding ortho intramolecular Hbond substituents is 1. The molecular formula is C50H69NO9. The Morgan fingerprint density at radius 2 is 1.17 bits per heavy atom. The number of aromatic hydroxyl groups is 1. The molecule has 2 aliphatic carbocycles. The van der Waals surface area contributed by atoms with E-state index in [1.54, 1.807) is 29.2 Å². The summed E-state index contributed by atoms with van der Waals surface area (Å²) < 4.78 is 20.9. The molecule has 1 heterocycles. The molecule has 1 saturated heterocycles. The van der Waals surface area contributed by atoms with Crippen molar-refractivity contribution in [1.82, 2.24) is 4.90 Å². The third-order valence-corrected chi connectivity index (χ3v) is 10.2. The third-order valence-electron chi connectivity index (χ3n) is 10.2. The van der Waals surface area contributed by atoms with Gasteiger partial charge in [-0.05, 0) is 123 Å². The standard InChI is InChI=1S/C15H21NO2.C15H22O4.C11H14O3.C9H12/c1-9(2)4-3-7-16-14(17)12-10-5-6-11(8-10)13(12)15(16)18;1-5-17-12(4)19-14-8-6-13(7-9-14)15(16)18-10-11(2)3;1-8(2)7-14-11(13)9-3-5-10(12)6-4-9;1-8(2)9-6-4-3-5-7-9/h5-6,9-13H,3-4,7-8H2,1-2H3;6-9,11-12H,5,10H2,1-4H3;3-6,8,12H,7H2,1-2H3;3-8H,1-2H3. The lowest BCUT2D eigenvalue weighted by Gasteiger charge is -2.17. The number of hydrogen-bond acceptors (Lipinski definition) is 9. The van der Waals surface area contributed by atoms with E-state index in [4.69, 9.17) is 24.1 Å². The van der Waals surface area contributed by atoms with Crippen LogP contribution in [0.25, 0.3) is 0 Å². The van der Waals surface area contributed by atoms with Crippen molar-refractivity contribution in [3.8, 4) is 11.5 Å². The molecule has 0 aromatic heterocycles. The van der Waals surface area contributed by atoms with Gasteiger partial charge in [0.15, 0.2) is 6.29 Å². The zero-order valence-electron chi connectivity index (χ0n) is 37.5. The molecule has 60 heavy (non-hydrogen) atoms. The maximum atomic E-state index is 12.3. The zero-order valence-corrected chi connectivity index (χ0v) is 37.5. The number of benzene rings is 3. The van der Waals surface area contributed by atoms with E-state index in [-0.39, 0.29) is 47.6 Å². The first-order valence-electron chi connectivity index (χ1n) is 21.6. The number of ether oxygens (including phenoxy) is 4. The van der Waals surface area contributed by atoms with Crippen LogP contribution in [-0.4, -0.2) is 66.4 Å². The number of carbonyl (C=O) groups excluding carboxylic acids is 4. The quantitative estimate of drug-likeness (QED) is 0.0689. The maximum absolute atomic E-state index is 12.3. The minimum Gasteiger partial charge on any atom is -0.508 e. The van der Waals surface area contributed by atoms with Gasteiger partial charge in [-0.2, -0.15) is 0 Å². The lowest BCUT2D eigenvalue weighted by atomic mass is 9.85. The average Bonchev–Trinajstić information content (AvgIpc) is 3.91. The normalized spacial score (nSPS) is 18.9. The van der Waals surface area contributed by atoms with Crippen LogP contribution in [0.5, 0.6) is 11.5 Å². The Morgan fingerprint density at radius 1 is 0.683 bits per heavy atom. The maximum Gasteiger partial charge on any atom is 0.338 e. The fourth-order valence-corrected chi connectivity index (χ4v) is 7.06. The molecule has 6 rings (SSSR count). The van der Waals surface area contributed by atoms with Crippen LogP contribution in [0.4, 0.5) is 0 Å². The Morgan fingerprint density at radius 3 is 1.58 bits per heavy atom. The minimum atomic E-state index is -0.348. The number of rotatable bonds is 15. The molecule has 1 saturated carbocycles. The Kier molecular flexibility index (Phi) is 20.6. The number of amides is 2. The summed E-state index contributed by atoms with van der Waals surface area (Å²) in [7, 11) is 0. The number of fused-ring (bicyclic) bond motifs is 5. The molecule has 2 fully saturated rings. The summed E-state index contributed by atoms with van der Waals surface area (Å²) in [5, 5.41) is 9.00. The third kappa shape index (κ3) is 15.9. The second kappa shape index (κ2) is 25.0. The SMILES string of the molecule is CC(C)CCCN1C(=O)C2C3C=CC(C3)C2C1=O.CC(C)COC(=O)c1ccc(O)cc1.CC(C)c1ccccc1.CCOC(C)Oc1ccc(C(=O)OCC(C)C)cc1. The van der Waals surface area contributed by atoms with Gasteiger partial charge in [0.05, 0.1) is 36.2 Å². The van der Waals surface area contributed by atoms with Gasteiger partial charge in [0, 0.05) is 13.2 Å². The van der Waals surface area contributed by atoms with Crippen molar-refractivity contribution in [2.24, 2.45) is 41.4 Å². The first-order chi connectivity index (χ1) is 28.5. The first-order valence-corrected chi connectivity index (χ1v) is 21.6. The molecule has 2 amide bonds. The van der Waals surface area contributed by atoms with E-state index in [2.05, 4.69) is 64.1 Å². The van der Waals surface area contributed by atoms with Crippen molar-refractivity contribution in [1.29, 1.82) is 0 Å². The van der Waals surface area contributed by atoms with Crippen LogP contribution in [0.3, 0.4) is 0 Å². The molecule has 10 heteroatoms. The molecule has 1 N–H and O–H groups in total. The van der Waals surface area contributed by atoms with Gasteiger partial charge in [0.25, 0.3) is 0 Å². The molecule has 328 valence electrons. The smallest absolute Gasteiger partial charge is 0.338 e. The number of nitrogens with zero attached hydrogens (tertiary/aromatic N) is 1. The van der Waals surface area contributed by atoms with Crippen LogP contribution in [-0.2, 0) is 23.8 Å². The van der Waals surface area contributed by atoms with Crippen molar-refractivity contribution in [2.45, 2.75) is 101 Å². The largest absolute Gasteiger partial charge is 0.508 e. The molecular weight excluding hydrogens is 759 g/mol. The van der Waals surface area contributed by atoms with Gasteiger partial charge >= 0.3 is 11.9 Å². The lowest BCUT2D eigenvalue weighted by Crippen LogP contribution is -2.33. The van der Waals surface area contributed by atoms with Crippen LogP contribution in [0.1, 0.15) is 121 Å². The van der Waals surface area contributed by atoms with E-state index < -0.39 is 0 Å². The summed E-state index contributed by atoms with van der Waals surface area (Å²) in [6.07, 6.45) is 7.04. The van der Waals surface area contributed by atoms with Crippen LogP contribution in [0, 0.1) is 41.4 Å². The number of phenols is 1. The fourth-order valence-electron chi connectivity index (χ4n) is 7.06. The number of carbonyl (C=O) groups is 4. The molecule has 1 aliphatic heterocycles. The summed E-state index contributed by atoms with van der Waals surface area (Å²) in [5.41, 5.74) is 2.40. The van der Waals surface area contributed by atoms with E-state index in [9.17, 15) is 19.2 Å². The highest BCUT2D eigenvalue weighted by Gasteiger charge is 2.58. The average molecular weight is 828 g/mol. The predicted molar refractivity (Wildman–Crippen MR) is 236 cm³/mol. The monoisotopic (exact) mass is 827 g/mol. The molecule has 0 spiro atoms. The zero-order chi connectivity index (χ0) is 44.4. The second-order valence-corrected chi connectivity index (χ2v) is 17.1. The first kappa shape index (κ1) is 49.4. The van der Waals surface area contributed by atoms with Gasteiger partial charge in [-0.25, -0.2) is 9.59 Å². The Balaban J connectivity index is 0.000000220. The molecule has 0 radical (unpaired) electrons. The van der Waals surface area contributed by atoms with Gasteiger partial charge in [0.1, 0.15) is 11.5 Å². The number of hydrogen-bond donors (Lipinski definition) is 1. The van der Waals surface area contributed by atoms with Crippen LogP contribution >= 0.6 is 0 Å². The van der Waals surface area contributed by atoms with Crippen molar-refractivity contribution in [3.63, 3.8) is 0 Å². The second-order valence-electron chi connectivity index (χ2n) is 17.1. The number of imide groups is 1. The topological polar surface area (TPSA) is 129 Å². The summed E-state index contributed by atoms with van der Waals surface area (Å²) >= 11 is 0. The Labute approximate surface area is 358 Å². The van der Waals surface area contributed by atoms with E-state index in [0.717, 1.165) is 19.3 Å². The number of allylic oxidation sites excluding steroid dienone is 2. The van der Waals surface area contributed by atoms with E-state index in [1.807, 2.05) is 47.6 Å². The minimum absolute atomic E-state index is 0.0217. The number of likely N-dealkylation sites (tertiary alicyclic amines) is 1. The molecule has 10 nitrogen and oxygen atoms in total. The summed E-state index contributed by atoms with van der Waals surface area (Å²) in [6.45, 7) is 22.5. The van der Waals surface area contributed by atoms with Crippen LogP contribution in [0.2, 0.25) is 0 Å². The molecule has 3 aromatic carbocycles. The van der Waals surface area contributed by atoms with Crippen molar-refractivity contribution >= 4 is 23.8 Å². The molecule has 3 aromatic rings. The van der Waals surface area contributed by atoms with Crippen molar-refractivity contribution in [3.05, 3.63) is 108 Å². The van der Waals surface area contributed by atoms with Crippen LogP contribution in [0.15, 0.2) is 91.0 Å². The fraction of sp³-hybridized carbons (Fsp3) is 0.520. The highest BCUT2D eigenvalue weighted by molar-refractivity contribution is 6.06. The summed E-state index contributed by atoms with van der Waals surface area (Å²) in [4.78, 5) is 49.3. The molecule has 5 atom stereocenters. The van der Waals surface area contributed by atoms with E-state index in [0.29, 0.717) is 78.7 Å². The van der Waals surface area contributed by atoms with E-state index in [1.165, 1.54) is 29.8 Å². The van der Waals surface area contributed by atoms with Gasteiger partial charge in [-0.1, -0.05) is 97.9 Å². The number of esters is 2. The Hall–Kier alpha value is -4.96. The van der Waals surface area contributed by atoms with Crippen molar-refractivity contribution < 1.29 is 43.2 Å². The van der Waals surface area contributed by atoms with E-state index >= 15 is 0 Å². The summed E-state index contributed by atoms with van der Waals surface area (Å²) in [6, 6.07) is 23.4.